The molecule has 4 nitrogen and oxygen atoms in total. The van der Waals surface area contributed by atoms with Crippen LogP contribution in [0, 0.1) is 0 Å². The minimum atomic E-state index is 0.0488. The molecule has 1 N–H and O–H groups in total. The number of nitrogens with zero attached hydrogens (tertiary/aromatic N) is 2. The summed E-state index contributed by atoms with van der Waals surface area (Å²) in [5, 5.41) is 9.88. The lowest BCUT2D eigenvalue weighted by atomic mass is 9.96. The second-order valence-electron chi connectivity index (χ2n) is 7.91. The molecule has 4 heteroatoms. The van der Waals surface area contributed by atoms with Crippen molar-refractivity contribution in [1.29, 1.82) is 0 Å². The molecular weight excluding hydrogens is 348 g/mol. The number of amides is 1. The van der Waals surface area contributed by atoms with Crippen molar-refractivity contribution in [2.45, 2.75) is 39.8 Å². The van der Waals surface area contributed by atoms with Gasteiger partial charge < -0.3 is 14.9 Å². The molecular formula is C24H32N2O2. The average molecular weight is 381 g/mol. The Bertz CT molecular complexity index is 813. The molecule has 0 fully saturated rings. The van der Waals surface area contributed by atoms with Crippen LogP contribution >= 0.6 is 0 Å². The van der Waals surface area contributed by atoms with Crippen molar-refractivity contribution in [1.82, 2.24) is 9.80 Å². The van der Waals surface area contributed by atoms with E-state index < -0.39 is 0 Å². The number of hydrogen-bond donors (Lipinski definition) is 1. The normalized spacial score (nSPS) is 12.1. The number of hydrogen-bond acceptors (Lipinski definition) is 3. The zero-order chi connectivity index (χ0) is 20.8. The molecule has 0 radical (unpaired) electrons. The highest BCUT2D eigenvalue weighted by atomic mass is 16.3. The molecule has 1 amide bonds. The van der Waals surface area contributed by atoms with Crippen molar-refractivity contribution in [2.24, 2.45) is 0 Å². The predicted octanol–water partition coefficient (Wildman–Crippen LogP) is 4.64. The lowest BCUT2D eigenvalue weighted by Gasteiger charge is -2.31. The second-order valence-corrected chi connectivity index (χ2v) is 7.91. The number of rotatable bonds is 7. The molecule has 0 aliphatic rings. The van der Waals surface area contributed by atoms with Crippen molar-refractivity contribution in [3.63, 3.8) is 0 Å². The summed E-state index contributed by atoms with van der Waals surface area (Å²) in [5.41, 5.74) is 3.69. The first-order chi connectivity index (χ1) is 13.2. The van der Waals surface area contributed by atoms with Gasteiger partial charge in [0.25, 0.3) is 5.91 Å². The van der Waals surface area contributed by atoms with E-state index in [1.54, 1.807) is 12.1 Å². The van der Waals surface area contributed by atoms with Gasteiger partial charge in [0.15, 0.2) is 0 Å². The number of phenolic OH excluding ortho intramolecular Hbond substituents is 1. The van der Waals surface area contributed by atoms with E-state index in [-0.39, 0.29) is 23.7 Å². The van der Waals surface area contributed by atoms with Crippen molar-refractivity contribution in [3.05, 3.63) is 71.3 Å². The second kappa shape index (κ2) is 9.56. The summed E-state index contributed by atoms with van der Waals surface area (Å²) in [4.78, 5) is 16.9. The minimum absolute atomic E-state index is 0.0488. The summed E-state index contributed by atoms with van der Waals surface area (Å²) in [6, 6.07) is 15.3. The van der Waals surface area contributed by atoms with Gasteiger partial charge in [0.1, 0.15) is 5.75 Å². The Morgan fingerprint density at radius 1 is 0.929 bits per heavy atom. The Morgan fingerprint density at radius 2 is 1.50 bits per heavy atom. The Morgan fingerprint density at radius 3 is 2.00 bits per heavy atom. The maximum atomic E-state index is 12.9. The molecule has 28 heavy (non-hydrogen) atoms. The quantitative estimate of drug-likeness (QED) is 0.761. The monoisotopic (exact) mass is 380 g/mol. The zero-order valence-corrected chi connectivity index (χ0v) is 17.8. The van der Waals surface area contributed by atoms with Gasteiger partial charge in [-0.25, -0.2) is 0 Å². The molecule has 150 valence electrons. The van der Waals surface area contributed by atoms with E-state index in [9.17, 15) is 9.90 Å². The van der Waals surface area contributed by atoms with Gasteiger partial charge in [0.05, 0.1) is 0 Å². The summed E-state index contributed by atoms with van der Waals surface area (Å²) in [6.07, 6.45) is 2.14. The fraction of sp³-hybridized carbons (Fsp3) is 0.375. The Kier molecular flexibility index (Phi) is 7.41. The lowest BCUT2D eigenvalue weighted by Crippen LogP contribution is -2.42. The molecule has 0 aliphatic heterocycles. The van der Waals surface area contributed by atoms with Gasteiger partial charge >= 0.3 is 0 Å². The molecule has 0 saturated heterocycles. The smallest absolute Gasteiger partial charge is 0.254 e. The highest BCUT2D eigenvalue weighted by Crippen LogP contribution is 2.27. The molecule has 0 heterocycles. The van der Waals surface area contributed by atoms with Crippen LogP contribution in [0.25, 0.3) is 5.57 Å². The topological polar surface area (TPSA) is 43.8 Å². The van der Waals surface area contributed by atoms with E-state index in [1.807, 2.05) is 83.1 Å². The summed E-state index contributed by atoms with van der Waals surface area (Å²) >= 11 is 0. The molecule has 0 atom stereocenters. The summed E-state index contributed by atoms with van der Waals surface area (Å²) in [7, 11) is 4.04. The van der Waals surface area contributed by atoms with Crippen molar-refractivity contribution >= 4 is 11.5 Å². The molecule has 0 bridgehead atoms. The van der Waals surface area contributed by atoms with Crippen LogP contribution in [0.4, 0.5) is 0 Å². The van der Waals surface area contributed by atoms with Crippen LogP contribution in [0.2, 0.25) is 0 Å². The van der Waals surface area contributed by atoms with Gasteiger partial charge in [0, 0.05) is 24.2 Å². The number of benzene rings is 2. The zero-order valence-electron chi connectivity index (χ0n) is 17.8. The first kappa shape index (κ1) is 21.7. The molecule has 2 aromatic carbocycles. The Hall–Kier alpha value is -2.59. The SMILES string of the molecule is CC(C)N(C(=O)c1ccc(/C(=C/CN(C)C)c2cccc(O)c2)cc1)C(C)C. The van der Waals surface area contributed by atoms with Crippen LogP contribution in [0.3, 0.4) is 0 Å². The van der Waals surface area contributed by atoms with Gasteiger partial charge in [-0.15, -0.1) is 0 Å². The van der Waals surface area contributed by atoms with Crippen LogP contribution in [0.15, 0.2) is 54.6 Å². The van der Waals surface area contributed by atoms with Crippen LogP contribution in [-0.4, -0.2) is 53.5 Å². The highest BCUT2D eigenvalue weighted by molar-refractivity contribution is 5.95. The van der Waals surface area contributed by atoms with E-state index in [1.165, 1.54) is 0 Å². The van der Waals surface area contributed by atoms with Crippen molar-refractivity contribution in [3.8, 4) is 5.75 Å². The largest absolute Gasteiger partial charge is 0.508 e. The highest BCUT2D eigenvalue weighted by Gasteiger charge is 2.21. The maximum absolute atomic E-state index is 12.9. The van der Waals surface area contributed by atoms with E-state index in [0.29, 0.717) is 5.56 Å². The van der Waals surface area contributed by atoms with Crippen molar-refractivity contribution in [2.75, 3.05) is 20.6 Å². The minimum Gasteiger partial charge on any atom is -0.508 e. The maximum Gasteiger partial charge on any atom is 0.254 e. The predicted molar refractivity (Wildman–Crippen MR) is 117 cm³/mol. The Labute approximate surface area is 169 Å². The standard InChI is InChI=1S/C24H32N2O2/c1-17(2)26(18(3)4)24(28)20-12-10-19(11-13-20)23(14-15-25(5)6)21-8-7-9-22(27)16-21/h7-14,16-18,27H,15H2,1-6H3/b23-14-. The summed E-state index contributed by atoms with van der Waals surface area (Å²) in [6.45, 7) is 8.93. The summed E-state index contributed by atoms with van der Waals surface area (Å²) in [5.74, 6) is 0.289. The van der Waals surface area contributed by atoms with Gasteiger partial charge in [0.2, 0.25) is 0 Å². The number of aromatic hydroxyl groups is 1. The molecule has 0 unspecified atom stereocenters. The van der Waals surface area contributed by atoms with E-state index in [4.69, 9.17) is 0 Å². The van der Waals surface area contributed by atoms with E-state index in [0.717, 1.165) is 23.2 Å². The number of likely N-dealkylation sites (N-methyl/N-ethyl adjacent to an activating group) is 1. The average Bonchev–Trinajstić information content (AvgIpc) is 2.61. The van der Waals surface area contributed by atoms with Crippen LogP contribution in [0.5, 0.6) is 5.75 Å². The molecule has 0 saturated carbocycles. The summed E-state index contributed by atoms with van der Waals surface area (Å²) < 4.78 is 0. The Balaban J connectivity index is 2.38. The van der Waals surface area contributed by atoms with E-state index >= 15 is 0 Å². The molecule has 0 aromatic heterocycles. The molecule has 2 aromatic rings. The van der Waals surface area contributed by atoms with Gasteiger partial charge in [-0.3, -0.25) is 4.79 Å². The number of carbonyl (C=O) groups excluding carboxylic acids is 1. The van der Waals surface area contributed by atoms with Gasteiger partial charge in [-0.1, -0.05) is 30.3 Å². The fourth-order valence-electron chi connectivity index (χ4n) is 3.36. The number of carbonyl (C=O) groups is 1. The van der Waals surface area contributed by atoms with Gasteiger partial charge in [-0.2, -0.15) is 0 Å². The third-order valence-electron chi connectivity index (χ3n) is 4.61. The van der Waals surface area contributed by atoms with Crippen LogP contribution < -0.4 is 0 Å². The first-order valence-electron chi connectivity index (χ1n) is 9.78. The third-order valence-corrected chi connectivity index (χ3v) is 4.61. The first-order valence-corrected chi connectivity index (χ1v) is 9.78. The van der Waals surface area contributed by atoms with Gasteiger partial charge in [-0.05, 0) is 82.8 Å². The molecule has 2 rings (SSSR count). The fourth-order valence-corrected chi connectivity index (χ4v) is 3.36. The lowest BCUT2D eigenvalue weighted by molar-refractivity contribution is 0.0643. The molecule has 0 aliphatic carbocycles. The molecule has 0 spiro atoms. The van der Waals surface area contributed by atoms with Crippen molar-refractivity contribution < 1.29 is 9.90 Å². The third kappa shape index (κ3) is 5.46. The van der Waals surface area contributed by atoms with E-state index in [2.05, 4.69) is 11.0 Å². The number of phenols is 1. The van der Waals surface area contributed by atoms with Crippen LogP contribution in [0.1, 0.15) is 49.2 Å². The van der Waals surface area contributed by atoms with Crippen LogP contribution in [-0.2, 0) is 0 Å².